The molecule has 1 amide bonds. The van der Waals surface area contributed by atoms with Gasteiger partial charge in [-0.25, -0.2) is 4.79 Å². The number of aromatic nitrogens is 1. The highest BCUT2D eigenvalue weighted by molar-refractivity contribution is 5.88. The number of hydrogen-bond acceptors (Lipinski definition) is 2. The van der Waals surface area contributed by atoms with Crippen molar-refractivity contribution in [1.82, 2.24) is 9.47 Å². The van der Waals surface area contributed by atoms with Crippen molar-refractivity contribution >= 4 is 22.8 Å². The molecule has 1 aromatic heterocycles. The summed E-state index contributed by atoms with van der Waals surface area (Å²) in [7, 11) is 0. The Morgan fingerprint density at radius 1 is 1.07 bits per heavy atom. The molecule has 2 aliphatic heterocycles. The molecule has 1 unspecified atom stereocenters. The number of nitrogens with zero attached hydrogens (tertiary/aromatic N) is 2. The van der Waals surface area contributed by atoms with Gasteiger partial charge in [-0.2, -0.15) is 0 Å². The van der Waals surface area contributed by atoms with Gasteiger partial charge in [0.15, 0.2) is 0 Å². The maximum atomic E-state index is 12.5. The number of piperidine rings is 1. The summed E-state index contributed by atoms with van der Waals surface area (Å²) in [5.74, 6) is -0.642. The van der Waals surface area contributed by atoms with Gasteiger partial charge in [-0.1, -0.05) is 30.3 Å². The number of amides is 1. The van der Waals surface area contributed by atoms with Crippen molar-refractivity contribution in [3.63, 3.8) is 0 Å². The number of carbonyl (C=O) groups is 2. The summed E-state index contributed by atoms with van der Waals surface area (Å²) >= 11 is 0. The van der Waals surface area contributed by atoms with Crippen molar-refractivity contribution < 1.29 is 14.7 Å². The van der Waals surface area contributed by atoms with Gasteiger partial charge in [0.05, 0.1) is 11.6 Å². The molecule has 2 aromatic carbocycles. The molecule has 5 rings (SSSR count). The van der Waals surface area contributed by atoms with Crippen molar-refractivity contribution in [2.24, 2.45) is 0 Å². The summed E-state index contributed by atoms with van der Waals surface area (Å²) in [5.41, 5.74) is 5.19. The van der Waals surface area contributed by atoms with E-state index in [1.807, 2.05) is 12.1 Å². The SMILES string of the molecule is O=C(O)c1ccc(Cn2c3c(c4ccccc42)CCN2C(=O)CCCC32)cc1. The molecule has 3 aromatic rings. The molecule has 5 nitrogen and oxygen atoms in total. The predicted molar refractivity (Wildman–Crippen MR) is 106 cm³/mol. The lowest BCUT2D eigenvalue weighted by molar-refractivity contribution is -0.137. The van der Waals surface area contributed by atoms with Crippen molar-refractivity contribution in [2.45, 2.75) is 38.3 Å². The first kappa shape index (κ1) is 17.0. The van der Waals surface area contributed by atoms with Gasteiger partial charge < -0.3 is 14.6 Å². The number of para-hydroxylation sites is 1. The van der Waals surface area contributed by atoms with Gasteiger partial charge in [0.2, 0.25) is 5.91 Å². The largest absolute Gasteiger partial charge is 0.478 e. The molecule has 1 N–H and O–H groups in total. The molecule has 0 bridgehead atoms. The van der Waals surface area contributed by atoms with Crippen LogP contribution in [0.4, 0.5) is 0 Å². The van der Waals surface area contributed by atoms with Crippen LogP contribution in [0.2, 0.25) is 0 Å². The minimum absolute atomic E-state index is 0.149. The predicted octanol–water partition coefficient (Wildman–Crippen LogP) is 4.00. The second kappa shape index (κ2) is 6.51. The van der Waals surface area contributed by atoms with E-state index in [0.29, 0.717) is 18.5 Å². The minimum Gasteiger partial charge on any atom is -0.478 e. The van der Waals surface area contributed by atoms with Crippen LogP contribution in [0.1, 0.15) is 52.5 Å². The average Bonchev–Trinajstić information content (AvgIpc) is 3.03. The number of carboxylic acids is 1. The lowest BCUT2D eigenvalue weighted by Crippen LogP contribution is -2.43. The van der Waals surface area contributed by atoms with Crippen molar-refractivity contribution in [2.75, 3.05) is 6.54 Å². The standard InChI is InChI=1S/C23H22N2O3/c26-21-7-3-6-20-22-18(12-13-24(20)21)17-4-1-2-5-19(17)25(22)14-15-8-10-16(11-9-15)23(27)28/h1-2,4-5,8-11,20H,3,6-7,12-14H2,(H,27,28). The van der Waals surface area contributed by atoms with Crippen LogP contribution in [-0.4, -0.2) is 33.0 Å². The van der Waals surface area contributed by atoms with Gasteiger partial charge in [0.1, 0.15) is 0 Å². The zero-order valence-corrected chi connectivity index (χ0v) is 15.6. The van der Waals surface area contributed by atoms with Gasteiger partial charge in [0.25, 0.3) is 0 Å². The maximum absolute atomic E-state index is 12.5. The summed E-state index contributed by atoms with van der Waals surface area (Å²) in [5, 5.41) is 10.4. The summed E-state index contributed by atoms with van der Waals surface area (Å²) in [6.07, 6.45) is 3.49. The van der Waals surface area contributed by atoms with E-state index in [2.05, 4.69) is 33.7 Å². The van der Waals surface area contributed by atoms with E-state index in [9.17, 15) is 9.59 Å². The first-order valence-electron chi connectivity index (χ1n) is 9.85. The molecule has 0 aliphatic carbocycles. The topological polar surface area (TPSA) is 62.5 Å². The molecule has 1 fully saturated rings. The van der Waals surface area contributed by atoms with Crippen LogP contribution in [0, 0.1) is 0 Å². The fourth-order valence-corrected chi connectivity index (χ4v) is 4.86. The Balaban J connectivity index is 1.63. The van der Waals surface area contributed by atoms with Crippen LogP contribution in [0.25, 0.3) is 10.9 Å². The Morgan fingerprint density at radius 2 is 1.86 bits per heavy atom. The van der Waals surface area contributed by atoms with E-state index in [0.717, 1.165) is 31.4 Å². The third kappa shape index (κ3) is 2.61. The summed E-state index contributed by atoms with van der Waals surface area (Å²) in [4.78, 5) is 25.7. The molecule has 5 heteroatoms. The van der Waals surface area contributed by atoms with Gasteiger partial charge >= 0.3 is 5.97 Å². The third-order valence-electron chi connectivity index (χ3n) is 6.14. The summed E-state index contributed by atoms with van der Waals surface area (Å²) in [6, 6.07) is 15.7. The highest BCUT2D eigenvalue weighted by Gasteiger charge is 2.37. The fraction of sp³-hybridized carbons (Fsp3) is 0.304. The van der Waals surface area contributed by atoms with E-state index in [-0.39, 0.29) is 11.9 Å². The molecule has 1 atom stereocenters. The zero-order valence-electron chi connectivity index (χ0n) is 15.6. The number of fused-ring (bicyclic) bond motifs is 5. The molecule has 2 aliphatic rings. The van der Waals surface area contributed by atoms with E-state index in [4.69, 9.17) is 5.11 Å². The normalized spacial score (nSPS) is 18.8. The van der Waals surface area contributed by atoms with Crippen LogP contribution in [0.5, 0.6) is 0 Å². The maximum Gasteiger partial charge on any atom is 0.335 e. The van der Waals surface area contributed by atoms with Crippen LogP contribution < -0.4 is 0 Å². The van der Waals surface area contributed by atoms with Crippen LogP contribution in [-0.2, 0) is 17.8 Å². The Hall–Kier alpha value is -3.08. The Kier molecular flexibility index (Phi) is 3.97. The molecule has 0 radical (unpaired) electrons. The van der Waals surface area contributed by atoms with Crippen molar-refractivity contribution in [3.8, 4) is 0 Å². The average molecular weight is 374 g/mol. The van der Waals surface area contributed by atoms with Crippen LogP contribution in [0.15, 0.2) is 48.5 Å². The molecule has 3 heterocycles. The molecular formula is C23H22N2O3. The first-order valence-corrected chi connectivity index (χ1v) is 9.85. The van der Waals surface area contributed by atoms with E-state index in [1.165, 1.54) is 22.2 Å². The molecule has 28 heavy (non-hydrogen) atoms. The lowest BCUT2D eigenvalue weighted by atomic mass is 9.90. The number of carboxylic acid groups (broad SMARTS) is 1. The molecule has 142 valence electrons. The highest BCUT2D eigenvalue weighted by Crippen LogP contribution is 2.42. The van der Waals surface area contributed by atoms with Crippen molar-refractivity contribution in [3.05, 3.63) is 70.9 Å². The van der Waals surface area contributed by atoms with E-state index in [1.54, 1.807) is 12.1 Å². The number of benzene rings is 2. The smallest absolute Gasteiger partial charge is 0.335 e. The molecule has 1 saturated heterocycles. The Bertz CT molecular complexity index is 1080. The zero-order chi connectivity index (χ0) is 19.3. The number of rotatable bonds is 3. The lowest BCUT2D eigenvalue weighted by Gasteiger charge is -2.40. The molecular weight excluding hydrogens is 352 g/mol. The molecule has 0 spiro atoms. The minimum atomic E-state index is -0.910. The number of hydrogen-bond donors (Lipinski definition) is 1. The fourth-order valence-electron chi connectivity index (χ4n) is 4.86. The number of carbonyl (C=O) groups excluding carboxylic acids is 1. The van der Waals surface area contributed by atoms with Gasteiger partial charge in [-0.15, -0.1) is 0 Å². The summed E-state index contributed by atoms with van der Waals surface area (Å²) < 4.78 is 2.34. The van der Waals surface area contributed by atoms with Gasteiger partial charge in [0, 0.05) is 36.1 Å². The third-order valence-corrected chi connectivity index (χ3v) is 6.14. The monoisotopic (exact) mass is 374 g/mol. The Labute approximate surface area is 163 Å². The number of aromatic carboxylic acids is 1. The Morgan fingerprint density at radius 3 is 2.64 bits per heavy atom. The van der Waals surface area contributed by atoms with Crippen molar-refractivity contribution in [1.29, 1.82) is 0 Å². The quantitative estimate of drug-likeness (QED) is 0.754. The second-order valence-corrected chi connectivity index (χ2v) is 7.71. The van der Waals surface area contributed by atoms with Crippen LogP contribution in [0.3, 0.4) is 0 Å². The van der Waals surface area contributed by atoms with Gasteiger partial charge in [-0.3, -0.25) is 4.79 Å². The first-order chi connectivity index (χ1) is 13.6. The van der Waals surface area contributed by atoms with E-state index < -0.39 is 5.97 Å². The highest BCUT2D eigenvalue weighted by atomic mass is 16.4. The summed E-state index contributed by atoms with van der Waals surface area (Å²) in [6.45, 7) is 1.48. The molecule has 0 saturated carbocycles. The van der Waals surface area contributed by atoms with Crippen LogP contribution >= 0.6 is 0 Å². The van der Waals surface area contributed by atoms with Gasteiger partial charge in [-0.05, 0) is 48.6 Å². The van der Waals surface area contributed by atoms with E-state index >= 15 is 0 Å². The second-order valence-electron chi connectivity index (χ2n) is 7.71.